The molecule has 0 amide bonds. The standard InChI is InChI=1S/C29H56O4/c1-6-7-8-9-10-11-12-13-14-15-16-17-18-19-20-21-22-25-32-27(30)23-24-28(31)33-26(2)29(3,4)5/h26H,6-25H2,1-5H3. The smallest absolute Gasteiger partial charge is 0.306 e. The Balaban J connectivity index is 3.33. The van der Waals surface area contributed by atoms with Gasteiger partial charge in [-0.3, -0.25) is 9.59 Å². The molecule has 0 saturated heterocycles. The number of hydrogen-bond acceptors (Lipinski definition) is 4. The number of esters is 2. The van der Waals surface area contributed by atoms with Crippen molar-refractivity contribution in [2.45, 2.75) is 163 Å². The van der Waals surface area contributed by atoms with Crippen molar-refractivity contribution in [3.8, 4) is 0 Å². The van der Waals surface area contributed by atoms with Crippen molar-refractivity contribution in [2.24, 2.45) is 5.41 Å². The van der Waals surface area contributed by atoms with Gasteiger partial charge in [0.1, 0.15) is 6.10 Å². The molecule has 0 aromatic heterocycles. The van der Waals surface area contributed by atoms with Crippen LogP contribution < -0.4 is 0 Å². The largest absolute Gasteiger partial charge is 0.466 e. The van der Waals surface area contributed by atoms with Gasteiger partial charge < -0.3 is 9.47 Å². The lowest BCUT2D eigenvalue weighted by atomic mass is 9.90. The van der Waals surface area contributed by atoms with Gasteiger partial charge in [0.2, 0.25) is 0 Å². The minimum atomic E-state index is -0.327. The number of carbonyl (C=O) groups excluding carboxylic acids is 2. The molecule has 0 N–H and O–H groups in total. The summed E-state index contributed by atoms with van der Waals surface area (Å²) in [5, 5.41) is 0. The molecule has 1 atom stereocenters. The third-order valence-electron chi connectivity index (χ3n) is 6.57. The number of hydrogen-bond donors (Lipinski definition) is 0. The summed E-state index contributed by atoms with van der Waals surface area (Å²) >= 11 is 0. The molecule has 4 heteroatoms. The van der Waals surface area contributed by atoms with Gasteiger partial charge in [-0.25, -0.2) is 0 Å². The van der Waals surface area contributed by atoms with E-state index in [0.717, 1.165) is 12.8 Å². The SMILES string of the molecule is CCCCCCCCCCCCCCCCCCCOC(=O)CCC(=O)OC(C)C(C)(C)C. The molecule has 0 aliphatic rings. The average Bonchev–Trinajstić information content (AvgIpc) is 2.76. The minimum Gasteiger partial charge on any atom is -0.466 e. The molecule has 33 heavy (non-hydrogen) atoms. The average molecular weight is 469 g/mol. The second-order valence-corrected chi connectivity index (χ2v) is 10.9. The Hall–Kier alpha value is -1.06. The number of ether oxygens (including phenoxy) is 2. The highest BCUT2D eigenvalue weighted by Crippen LogP contribution is 2.22. The van der Waals surface area contributed by atoms with Crippen LogP contribution in [0.4, 0.5) is 0 Å². The first kappa shape index (κ1) is 31.9. The molecule has 1 unspecified atom stereocenters. The topological polar surface area (TPSA) is 52.6 Å². The van der Waals surface area contributed by atoms with E-state index in [2.05, 4.69) is 6.92 Å². The van der Waals surface area contributed by atoms with Crippen LogP contribution >= 0.6 is 0 Å². The van der Waals surface area contributed by atoms with Gasteiger partial charge in [0, 0.05) is 0 Å². The van der Waals surface area contributed by atoms with Crippen LogP contribution in [0.3, 0.4) is 0 Å². The van der Waals surface area contributed by atoms with Crippen LogP contribution in [0.2, 0.25) is 0 Å². The van der Waals surface area contributed by atoms with Crippen LogP contribution in [0.15, 0.2) is 0 Å². The molecule has 0 radical (unpaired) electrons. The van der Waals surface area contributed by atoms with Crippen molar-refractivity contribution in [3.05, 3.63) is 0 Å². The number of carbonyl (C=O) groups is 2. The highest BCUT2D eigenvalue weighted by atomic mass is 16.5. The van der Waals surface area contributed by atoms with E-state index >= 15 is 0 Å². The van der Waals surface area contributed by atoms with Crippen LogP contribution in [0, 0.1) is 5.41 Å². The first-order valence-corrected chi connectivity index (χ1v) is 14.1. The second-order valence-electron chi connectivity index (χ2n) is 10.9. The summed E-state index contributed by atoms with van der Waals surface area (Å²) < 4.78 is 10.6. The molecule has 0 rings (SSSR count). The molecule has 0 aliphatic carbocycles. The summed E-state index contributed by atoms with van der Waals surface area (Å²) in [6.45, 7) is 10.7. The van der Waals surface area contributed by atoms with Gasteiger partial charge in [-0.15, -0.1) is 0 Å². The van der Waals surface area contributed by atoms with E-state index in [1.165, 1.54) is 96.3 Å². The van der Waals surface area contributed by atoms with Crippen molar-refractivity contribution in [1.29, 1.82) is 0 Å². The quantitative estimate of drug-likeness (QED) is 0.117. The van der Waals surface area contributed by atoms with Gasteiger partial charge in [0.25, 0.3) is 0 Å². The van der Waals surface area contributed by atoms with E-state index < -0.39 is 0 Å². The monoisotopic (exact) mass is 468 g/mol. The fourth-order valence-corrected chi connectivity index (χ4v) is 3.72. The molecular formula is C29H56O4. The van der Waals surface area contributed by atoms with Gasteiger partial charge in [-0.1, -0.05) is 130 Å². The van der Waals surface area contributed by atoms with E-state index in [9.17, 15) is 9.59 Å². The highest BCUT2D eigenvalue weighted by Gasteiger charge is 2.23. The van der Waals surface area contributed by atoms with Crippen LogP contribution in [0.5, 0.6) is 0 Å². The maximum atomic E-state index is 11.8. The molecule has 0 saturated carbocycles. The van der Waals surface area contributed by atoms with Crippen LogP contribution in [-0.2, 0) is 19.1 Å². The summed E-state index contributed by atoms with van der Waals surface area (Å²) in [6.07, 6.45) is 22.7. The third-order valence-corrected chi connectivity index (χ3v) is 6.57. The van der Waals surface area contributed by atoms with Gasteiger partial charge in [-0.05, 0) is 18.8 Å². The lowest BCUT2D eigenvalue weighted by Gasteiger charge is -2.26. The fraction of sp³-hybridized carbons (Fsp3) is 0.931. The summed E-state index contributed by atoms with van der Waals surface area (Å²) in [6, 6.07) is 0. The highest BCUT2D eigenvalue weighted by molar-refractivity contribution is 5.77. The van der Waals surface area contributed by atoms with Crippen molar-refractivity contribution >= 4 is 11.9 Å². The van der Waals surface area contributed by atoms with Gasteiger partial charge in [0.15, 0.2) is 0 Å². The summed E-state index contributed by atoms with van der Waals surface area (Å²) in [5.74, 6) is -0.626. The zero-order valence-electron chi connectivity index (χ0n) is 22.9. The zero-order valence-corrected chi connectivity index (χ0v) is 22.9. The normalized spacial score (nSPS) is 12.5. The van der Waals surface area contributed by atoms with E-state index in [0.29, 0.717) is 6.61 Å². The van der Waals surface area contributed by atoms with E-state index in [1.807, 2.05) is 27.7 Å². The Bertz CT molecular complexity index is 467. The molecule has 0 heterocycles. The Morgan fingerprint density at radius 3 is 1.36 bits per heavy atom. The summed E-state index contributed by atoms with van der Waals surface area (Å²) in [5.41, 5.74) is -0.0941. The Morgan fingerprint density at radius 1 is 0.606 bits per heavy atom. The van der Waals surface area contributed by atoms with Crippen molar-refractivity contribution < 1.29 is 19.1 Å². The second kappa shape index (κ2) is 21.5. The molecule has 4 nitrogen and oxygen atoms in total. The minimum absolute atomic E-state index is 0.0941. The lowest BCUT2D eigenvalue weighted by Crippen LogP contribution is -2.28. The Kier molecular flexibility index (Phi) is 20.8. The van der Waals surface area contributed by atoms with Crippen molar-refractivity contribution in [1.82, 2.24) is 0 Å². The first-order chi connectivity index (χ1) is 15.8. The van der Waals surface area contributed by atoms with E-state index in [1.54, 1.807) is 0 Å². The molecule has 196 valence electrons. The number of unbranched alkanes of at least 4 members (excludes halogenated alkanes) is 16. The predicted octanol–water partition coefficient (Wildman–Crippen LogP) is 8.94. The Morgan fingerprint density at radius 2 is 0.970 bits per heavy atom. The summed E-state index contributed by atoms with van der Waals surface area (Å²) in [4.78, 5) is 23.6. The molecule has 0 bridgehead atoms. The summed E-state index contributed by atoms with van der Waals surface area (Å²) in [7, 11) is 0. The predicted molar refractivity (Wildman–Crippen MR) is 139 cm³/mol. The van der Waals surface area contributed by atoms with Crippen molar-refractivity contribution in [3.63, 3.8) is 0 Å². The van der Waals surface area contributed by atoms with Gasteiger partial charge >= 0.3 is 11.9 Å². The van der Waals surface area contributed by atoms with Gasteiger partial charge in [-0.2, -0.15) is 0 Å². The van der Waals surface area contributed by atoms with Crippen LogP contribution in [0.25, 0.3) is 0 Å². The molecular weight excluding hydrogens is 412 g/mol. The van der Waals surface area contributed by atoms with Crippen LogP contribution in [0.1, 0.15) is 157 Å². The first-order valence-electron chi connectivity index (χ1n) is 14.1. The maximum Gasteiger partial charge on any atom is 0.306 e. The fourth-order valence-electron chi connectivity index (χ4n) is 3.72. The van der Waals surface area contributed by atoms with E-state index in [4.69, 9.17) is 9.47 Å². The lowest BCUT2D eigenvalue weighted by molar-refractivity contribution is -0.156. The molecule has 0 spiro atoms. The maximum absolute atomic E-state index is 11.8. The third kappa shape index (κ3) is 22.5. The Labute approximate surface area is 206 Å². The van der Waals surface area contributed by atoms with Crippen molar-refractivity contribution in [2.75, 3.05) is 6.61 Å². The molecule has 0 aromatic rings. The van der Waals surface area contributed by atoms with E-state index in [-0.39, 0.29) is 36.3 Å². The van der Waals surface area contributed by atoms with Gasteiger partial charge in [0.05, 0.1) is 19.4 Å². The molecule has 0 aromatic carbocycles. The molecule has 0 fully saturated rings. The number of rotatable bonds is 22. The zero-order chi connectivity index (χ0) is 24.8. The molecule has 0 aliphatic heterocycles. The van der Waals surface area contributed by atoms with Crippen LogP contribution in [-0.4, -0.2) is 24.6 Å².